The van der Waals surface area contributed by atoms with Crippen molar-refractivity contribution in [1.82, 2.24) is 9.88 Å². The first-order valence-corrected chi connectivity index (χ1v) is 5.92. The molecule has 1 unspecified atom stereocenters. The molecular weight excluding hydrogens is 232 g/mol. The first-order valence-electron chi connectivity index (χ1n) is 5.92. The molecule has 0 amide bonds. The van der Waals surface area contributed by atoms with Crippen molar-refractivity contribution in [1.29, 1.82) is 0 Å². The van der Waals surface area contributed by atoms with Gasteiger partial charge in [-0.1, -0.05) is 0 Å². The summed E-state index contributed by atoms with van der Waals surface area (Å²) in [5.74, 6) is 0.344. The highest BCUT2D eigenvalue weighted by Crippen LogP contribution is 2.23. The lowest BCUT2D eigenvalue weighted by molar-refractivity contribution is -0.384. The zero-order valence-electron chi connectivity index (χ0n) is 11.3. The molecule has 1 rings (SSSR count). The highest BCUT2D eigenvalue weighted by atomic mass is 16.6. The Balaban J connectivity index is 2.74. The highest BCUT2D eigenvalue weighted by molar-refractivity contribution is 5.56. The third-order valence-corrected chi connectivity index (χ3v) is 2.59. The molecule has 6 heteroatoms. The third kappa shape index (κ3) is 4.29. The van der Waals surface area contributed by atoms with Crippen molar-refractivity contribution in [3.05, 3.63) is 27.9 Å². The predicted octanol–water partition coefficient (Wildman–Crippen LogP) is 2.05. The van der Waals surface area contributed by atoms with Crippen LogP contribution in [0, 0.1) is 17.0 Å². The van der Waals surface area contributed by atoms with Crippen LogP contribution in [0.1, 0.15) is 18.9 Å². The minimum atomic E-state index is -0.402. The van der Waals surface area contributed by atoms with Crippen LogP contribution in [0.4, 0.5) is 11.5 Å². The monoisotopic (exact) mass is 252 g/mol. The summed E-state index contributed by atoms with van der Waals surface area (Å²) in [6, 6.07) is 1.68. The van der Waals surface area contributed by atoms with Crippen LogP contribution in [0.15, 0.2) is 12.3 Å². The van der Waals surface area contributed by atoms with Crippen LogP contribution in [0.2, 0.25) is 0 Å². The quantitative estimate of drug-likeness (QED) is 0.619. The highest BCUT2D eigenvalue weighted by Gasteiger charge is 2.17. The van der Waals surface area contributed by atoms with Crippen LogP contribution in [-0.4, -0.2) is 41.5 Å². The Hall–Kier alpha value is -1.69. The number of anilines is 1. The zero-order valence-corrected chi connectivity index (χ0v) is 11.3. The van der Waals surface area contributed by atoms with E-state index < -0.39 is 4.92 Å². The topological polar surface area (TPSA) is 71.3 Å². The van der Waals surface area contributed by atoms with Gasteiger partial charge >= 0.3 is 5.69 Å². The van der Waals surface area contributed by atoms with Gasteiger partial charge in [-0.05, 0) is 46.5 Å². The molecule has 1 atom stereocenters. The first kappa shape index (κ1) is 14.4. The number of hydrogen-bond donors (Lipinski definition) is 1. The van der Waals surface area contributed by atoms with Crippen LogP contribution in [0.25, 0.3) is 0 Å². The van der Waals surface area contributed by atoms with Crippen LogP contribution < -0.4 is 5.32 Å². The van der Waals surface area contributed by atoms with Gasteiger partial charge < -0.3 is 10.2 Å². The van der Waals surface area contributed by atoms with E-state index in [9.17, 15) is 10.1 Å². The molecule has 1 aromatic heterocycles. The fourth-order valence-corrected chi connectivity index (χ4v) is 1.56. The van der Waals surface area contributed by atoms with E-state index in [4.69, 9.17) is 0 Å². The second-order valence-electron chi connectivity index (χ2n) is 4.77. The minimum Gasteiger partial charge on any atom is -0.362 e. The lowest BCUT2D eigenvalue weighted by atomic mass is 10.2. The van der Waals surface area contributed by atoms with Crippen LogP contribution in [0.3, 0.4) is 0 Å². The number of pyridine rings is 1. The van der Waals surface area contributed by atoms with Crippen molar-refractivity contribution < 1.29 is 4.92 Å². The normalized spacial score (nSPS) is 12.5. The van der Waals surface area contributed by atoms with E-state index in [1.54, 1.807) is 13.1 Å². The van der Waals surface area contributed by atoms with Crippen LogP contribution in [-0.2, 0) is 0 Å². The Morgan fingerprint density at radius 2 is 2.22 bits per heavy atom. The van der Waals surface area contributed by atoms with Gasteiger partial charge in [0.2, 0.25) is 5.82 Å². The first-order chi connectivity index (χ1) is 8.40. The summed E-state index contributed by atoms with van der Waals surface area (Å²) in [5.41, 5.74) is 0.819. The van der Waals surface area contributed by atoms with Crippen molar-refractivity contribution in [2.75, 3.05) is 26.0 Å². The molecule has 0 saturated heterocycles. The summed E-state index contributed by atoms with van der Waals surface area (Å²) in [6.07, 6.45) is 2.54. The second kappa shape index (κ2) is 6.30. The molecule has 18 heavy (non-hydrogen) atoms. The number of nitrogens with zero attached hydrogens (tertiary/aromatic N) is 3. The number of nitrogens with one attached hydrogen (secondary N) is 1. The smallest absolute Gasteiger partial charge is 0.311 e. The zero-order chi connectivity index (χ0) is 13.7. The maximum absolute atomic E-state index is 10.9. The van der Waals surface area contributed by atoms with Crippen molar-refractivity contribution in [2.45, 2.75) is 26.3 Å². The Morgan fingerprint density at radius 3 is 2.78 bits per heavy atom. The molecule has 0 aliphatic carbocycles. The molecule has 1 heterocycles. The second-order valence-corrected chi connectivity index (χ2v) is 4.77. The van der Waals surface area contributed by atoms with E-state index in [1.165, 1.54) is 6.07 Å². The Kier molecular flexibility index (Phi) is 5.03. The van der Waals surface area contributed by atoms with Crippen molar-refractivity contribution in [3.63, 3.8) is 0 Å². The summed E-state index contributed by atoms with van der Waals surface area (Å²) in [7, 11) is 4.00. The van der Waals surface area contributed by atoms with E-state index in [-0.39, 0.29) is 11.7 Å². The van der Waals surface area contributed by atoms with Crippen molar-refractivity contribution in [2.24, 2.45) is 0 Å². The molecule has 100 valence electrons. The summed E-state index contributed by atoms with van der Waals surface area (Å²) in [5, 5.41) is 14.0. The maximum Gasteiger partial charge on any atom is 0.311 e. The van der Waals surface area contributed by atoms with Gasteiger partial charge in [0.05, 0.1) is 4.92 Å². The predicted molar refractivity (Wildman–Crippen MR) is 71.9 cm³/mol. The lowest BCUT2D eigenvalue weighted by Crippen LogP contribution is -2.23. The van der Waals surface area contributed by atoms with Gasteiger partial charge in [0.25, 0.3) is 0 Å². The summed E-state index contributed by atoms with van der Waals surface area (Å²) >= 11 is 0. The van der Waals surface area contributed by atoms with Crippen LogP contribution in [0.5, 0.6) is 0 Å². The Morgan fingerprint density at radius 1 is 1.56 bits per heavy atom. The van der Waals surface area contributed by atoms with Gasteiger partial charge in [-0.3, -0.25) is 10.1 Å². The molecule has 0 saturated carbocycles. The van der Waals surface area contributed by atoms with E-state index >= 15 is 0 Å². The van der Waals surface area contributed by atoms with E-state index in [0.29, 0.717) is 5.82 Å². The molecule has 0 aliphatic rings. The number of rotatable bonds is 6. The molecule has 0 aromatic carbocycles. The molecule has 0 bridgehead atoms. The maximum atomic E-state index is 10.9. The van der Waals surface area contributed by atoms with Gasteiger partial charge in [-0.2, -0.15) is 0 Å². The van der Waals surface area contributed by atoms with E-state index in [1.807, 2.05) is 21.0 Å². The van der Waals surface area contributed by atoms with Crippen molar-refractivity contribution in [3.8, 4) is 0 Å². The summed E-state index contributed by atoms with van der Waals surface area (Å²) in [4.78, 5) is 16.7. The fourth-order valence-electron chi connectivity index (χ4n) is 1.56. The summed E-state index contributed by atoms with van der Waals surface area (Å²) < 4.78 is 0. The summed E-state index contributed by atoms with van der Waals surface area (Å²) in [6.45, 7) is 4.71. The molecule has 6 nitrogen and oxygen atoms in total. The van der Waals surface area contributed by atoms with Gasteiger partial charge in [0.15, 0.2) is 0 Å². The molecule has 0 aliphatic heterocycles. The van der Waals surface area contributed by atoms with E-state index in [0.717, 1.165) is 18.5 Å². The Bertz CT molecular complexity index is 421. The van der Waals surface area contributed by atoms with Gasteiger partial charge in [-0.25, -0.2) is 4.98 Å². The molecule has 0 spiro atoms. The minimum absolute atomic E-state index is 0.0340. The average Bonchev–Trinajstić information content (AvgIpc) is 2.28. The van der Waals surface area contributed by atoms with Crippen LogP contribution >= 0.6 is 0 Å². The Labute approximate surface area is 107 Å². The largest absolute Gasteiger partial charge is 0.362 e. The number of nitro groups is 1. The van der Waals surface area contributed by atoms with Crippen molar-refractivity contribution >= 4 is 11.5 Å². The lowest BCUT2D eigenvalue weighted by Gasteiger charge is -2.17. The van der Waals surface area contributed by atoms with Gasteiger partial charge in [-0.15, -0.1) is 0 Å². The SMILES string of the molecule is Cc1cnc(NC(C)CCN(C)C)c([N+](=O)[O-])c1. The number of aryl methyl sites for hydroxylation is 1. The molecule has 1 N–H and O–H groups in total. The van der Waals surface area contributed by atoms with E-state index in [2.05, 4.69) is 15.2 Å². The number of hydrogen-bond acceptors (Lipinski definition) is 5. The molecular formula is C12H20N4O2. The molecule has 0 radical (unpaired) electrons. The standard InChI is InChI=1S/C12H20N4O2/c1-9-7-11(16(17)18)12(13-8-9)14-10(2)5-6-15(3)4/h7-8,10H,5-6H2,1-4H3,(H,13,14). The van der Waals surface area contributed by atoms with Gasteiger partial charge in [0, 0.05) is 18.3 Å². The number of aromatic nitrogens is 1. The fraction of sp³-hybridized carbons (Fsp3) is 0.583. The average molecular weight is 252 g/mol. The van der Waals surface area contributed by atoms with Gasteiger partial charge in [0.1, 0.15) is 0 Å². The molecule has 0 fully saturated rings. The third-order valence-electron chi connectivity index (χ3n) is 2.59. The molecule has 1 aromatic rings.